The Balaban J connectivity index is 2.37. The number of sulfonamides is 1. The molecule has 0 aliphatic carbocycles. The van der Waals surface area contributed by atoms with E-state index in [-0.39, 0.29) is 18.2 Å². The van der Waals surface area contributed by atoms with Gasteiger partial charge in [-0.15, -0.1) is 0 Å². The van der Waals surface area contributed by atoms with Gasteiger partial charge in [0.25, 0.3) is 0 Å². The van der Waals surface area contributed by atoms with Gasteiger partial charge in [0.05, 0.1) is 11.9 Å². The number of carbonyl (C=O) groups is 2. The monoisotopic (exact) mass is 515 g/mol. The SMILES string of the molecule is CC(C)CNC(=O)[C@@H](C)N(Cc1ccc(Cl)cc1)C(=O)CN(c1ccc(F)c(F)c1)S(C)(=O)=O. The van der Waals surface area contributed by atoms with Gasteiger partial charge in [-0.05, 0) is 42.7 Å². The number of rotatable bonds is 10. The molecule has 0 spiro atoms. The minimum Gasteiger partial charge on any atom is -0.354 e. The molecule has 7 nitrogen and oxygen atoms in total. The molecule has 0 saturated heterocycles. The van der Waals surface area contributed by atoms with E-state index >= 15 is 0 Å². The van der Waals surface area contributed by atoms with E-state index in [4.69, 9.17) is 11.6 Å². The molecule has 0 aromatic heterocycles. The smallest absolute Gasteiger partial charge is 0.244 e. The lowest BCUT2D eigenvalue weighted by Crippen LogP contribution is -2.51. The zero-order valence-corrected chi connectivity index (χ0v) is 21.0. The van der Waals surface area contributed by atoms with Crippen LogP contribution in [0.1, 0.15) is 26.3 Å². The molecular formula is C23H28ClF2N3O4S. The molecule has 0 aliphatic heterocycles. The van der Waals surface area contributed by atoms with E-state index in [0.717, 1.165) is 18.4 Å². The van der Waals surface area contributed by atoms with Crippen molar-refractivity contribution in [2.75, 3.05) is 23.7 Å². The van der Waals surface area contributed by atoms with E-state index in [1.807, 2.05) is 13.8 Å². The molecule has 11 heteroatoms. The number of nitrogens with one attached hydrogen (secondary N) is 1. The van der Waals surface area contributed by atoms with Crippen molar-refractivity contribution in [3.8, 4) is 0 Å². The van der Waals surface area contributed by atoms with E-state index in [0.29, 0.717) is 27.5 Å². The Bertz CT molecular complexity index is 1130. The van der Waals surface area contributed by atoms with Crippen molar-refractivity contribution in [3.05, 3.63) is 64.7 Å². The van der Waals surface area contributed by atoms with Gasteiger partial charge in [0.1, 0.15) is 12.6 Å². The Morgan fingerprint density at radius 2 is 1.65 bits per heavy atom. The summed E-state index contributed by atoms with van der Waals surface area (Å²) in [5.41, 5.74) is 0.457. The second-order valence-corrected chi connectivity index (χ2v) is 10.7. The van der Waals surface area contributed by atoms with Gasteiger partial charge in [0.15, 0.2) is 11.6 Å². The quantitative estimate of drug-likeness (QED) is 0.524. The first-order chi connectivity index (χ1) is 15.8. The molecule has 0 radical (unpaired) electrons. The Labute approximate surface area is 203 Å². The third kappa shape index (κ3) is 7.66. The number of halogens is 3. The molecule has 0 bridgehead atoms. The van der Waals surface area contributed by atoms with Crippen molar-refractivity contribution in [1.29, 1.82) is 0 Å². The highest BCUT2D eigenvalue weighted by Gasteiger charge is 2.30. The standard InChI is InChI=1S/C23H28ClF2N3O4S/c1-15(2)12-27-23(31)16(3)28(13-17-5-7-18(24)8-6-17)22(30)14-29(34(4,32)33)19-9-10-20(25)21(26)11-19/h5-11,15-16H,12-14H2,1-4H3,(H,27,31)/t16-/m1/s1. The van der Waals surface area contributed by atoms with Crippen LogP contribution in [-0.4, -0.2) is 50.5 Å². The van der Waals surface area contributed by atoms with Gasteiger partial charge in [-0.3, -0.25) is 13.9 Å². The molecular weight excluding hydrogens is 488 g/mol. The molecule has 0 aliphatic rings. The zero-order chi connectivity index (χ0) is 25.6. The topological polar surface area (TPSA) is 86.8 Å². The van der Waals surface area contributed by atoms with Crippen molar-refractivity contribution in [2.24, 2.45) is 5.92 Å². The van der Waals surface area contributed by atoms with Crippen LogP contribution in [-0.2, 0) is 26.2 Å². The van der Waals surface area contributed by atoms with E-state index in [1.54, 1.807) is 24.3 Å². The zero-order valence-electron chi connectivity index (χ0n) is 19.4. The fourth-order valence-corrected chi connectivity index (χ4v) is 4.04. The summed E-state index contributed by atoms with van der Waals surface area (Å²) < 4.78 is 52.6. The number of carbonyl (C=O) groups excluding carboxylic acids is 2. The maximum absolute atomic E-state index is 13.8. The highest BCUT2D eigenvalue weighted by molar-refractivity contribution is 7.92. The normalized spacial score (nSPS) is 12.4. The second-order valence-electron chi connectivity index (χ2n) is 8.33. The molecule has 0 fully saturated rings. The molecule has 2 rings (SSSR count). The van der Waals surface area contributed by atoms with Crippen molar-refractivity contribution in [2.45, 2.75) is 33.4 Å². The highest BCUT2D eigenvalue weighted by Crippen LogP contribution is 2.22. The third-order valence-electron chi connectivity index (χ3n) is 4.99. The fourth-order valence-electron chi connectivity index (χ4n) is 3.08. The minimum atomic E-state index is -4.04. The van der Waals surface area contributed by atoms with Crippen LogP contribution < -0.4 is 9.62 Å². The van der Waals surface area contributed by atoms with E-state index < -0.39 is 46.1 Å². The van der Waals surface area contributed by atoms with Crippen LogP contribution in [0, 0.1) is 17.6 Å². The molecule has 34 heavy (non-hydrogen) atoms. The summed E-state index contributed by atoms with van der Waals surface area (Å²) in [6.07, 6.45) is 0.851. The summed E-state index contributed by atoms with van der Waals surface area (Å²) in [6.45, 7) is 5.07. The molecule has 2 aromatic rings. The third-order valence-corrected chi connectivity index (χ3v) is 6.38. The Morgan fingerprint density at radius 1 is 1.03 bits per heavy atom. The molecule has 1 N–H and O–H groups in total. The van der Waals surface area contributed by atoms with Crippen LogP contribution >= 0.6 is 11.6 Å². The molecule has 1 atom stereocenters. The van der Waals surface area contributed by atoms with Gasteiger partial charge < -0.3 is 10.2 Å². The Morgan fingerprint density at radius 3 is 2.18 bits per heavy atom. The summed E-state index contributed by atoms with van der Waals surface area (Å²) in [6, 6.07) is 8.24. The summed E-state index contributed by atoms with van der Waals surface area (Å²) in [5.74, 6) is -3.32. The van der Waals surface area contributed by atoms with E-state index in [2.05, 4.69) is 5.32 Å². The summed E-state index contributed by atoms with van der Waals surface area (Å²) in [4.78, 5) is 27.3. The first-order valence-electron chi connectivity index (χ1n) is 10.5. The molecule has 186 valence electrons. The summed E-state index contributed by atoms with van der Waals surface area (Å²) in [5, 5.41) is 3.26. The van der Waals surface area contributed by atoms with Crippen LogP contribution in [0.25, 0.3) is 0 Å². The summed E-state index contributed by atoms with van der Waals surface area (Å²) in [7, 11) is -4.04. The lowest BCUT2D eigenvalue weighted by Gasteiger charge is -2.31. The van der Waals surface area contributed by atoms with Crippen LogP contribution in [0.2, 0.25) is 5.02 Å². The highest BCUT2D eigenvalue weighted by atomic mass is 35.5. The maximum atomic E-state index is 13.8. The number of amides is 2. The molecule has 0 unspecified atom stereocenters. The van der Waals surface area contributed by atoms with E-state index in [9.17, 15) is 26.8 Å². The Hall–Kier alpha value is -2.72. The lowest BCUT2D eigenvalue weighted by molar-refractivity contribution is -0.139. The van der Waals surface area contributed by atoms with Crippen LogP contribution in [0.15, 0.2) is 42.5 Å². The summed E-state index contributed by atoms with van der Waals surface area (Å²) >= 11 is 5.93. The first kappa shape index (κ1) is 27.5. The average molecular weight is 516 g/mol. The van der Waals surface area contributed by atoms with Gasteiger partial charge in [0.2, 0.25) is 21.8 Å². The first-order valence-corrected chi connectivity index (χ1v) is 12.8. The number of anilines is 1. The fraction of sp³-hybridized carbons (Fsp3) is 0.391. The molecule has 2 aromatic carbocycles. The number of benzene rings is 2. The van der Waals surface area contributed by atoms with Crippen LogP contribution in [0.5, 0.6) is 0 Å². The van der Waals surface area contributed by atoms with Crippen molar-refractivity contribution in [3.63, 3.8) is 0 Å². The van der Waals surface area contributed by atoms with Crippen molar-refractivity contribution in [1.82, 2.24) is 10.2 Å². The molecule has 0 saturated carbocycles. The largest absolute Gasteiger partial charge is 0.354 e. The maximum Gasteiger partial charge on any atom is 0.244 e. The van der Waals surface area contributed by atoms with Crippen LogP contribution in [0.3, 0.4) is 0 Å². The minimum absolute atomic E-state index is 0.00164. The number of hydrogen-bond acceptors (Lipinski definition) is 4. The van der Waals surface area contributed by atoms with Crippen molar-refractivity contribution >= 4 is 39.1 Å². The van der Waals surface area contributed by atoms with Gasteiger partial charge in [-0.1, -0.05) is 37.6 Å². The van der Waals surface area contributed by atoms with Gasteiger partial charge in [0, 0.05) is 24.2 Å². The molecule has 0 heterocycles. The average Bonchev–Trinajstić information content (AvgIpc) is 2.76. The molecule has 2 amide bonds. The number of nitrogens with zero attached hydrogens (tertiary/aromatic N) is 2. The predicted octanol–water partition coefficient (Wildman–Crippen LogP) is 3.57. The van der Waals surface area contributed by atoms with Gasteiger partial charge >= 0.3 is 0 Å². The van der Waals surface area contributed by atoms with E-state index in [1.165, 1.54) is 11.8 Å². The van der Waals surface area contributed by atoms with Gasteiger partial charge in [-0.2, -0.15) is 0 Å². The lowest BCUT2D eigenvalue weighted by atomic mass is 10.1. The van der Waals surface area contributed by atoms with Crippen molar-refractivity contribution < 1.29 is 26.8 Å². The van der Waals surface area contributed by atoms with Gasteiger partial charge in [-0.25, -0.2) is 17.2 Å². The Kier molecular flexibility index (Phi) is 9.40. The number of hydrogen-bond donors (Lipinski definition) is 1. The second kappa shape index (κ2) is 11.6. The predicted molar refractivity (Wildman–Crippen MR) is 128 cm³/mol. The van der Waals surface area contributed by atoms with Crippen LogP contribution in [0.4, 0.5) is 14.5 Å².